The first kappa shape index (κ1) is 23.1. The van der Waals surface area contributed by atoms with E-state index in [-0.39, 0.29) is 35.9 Å². The van der Waals surface area contributed by atoms with E-state index in [0.29, 0.717) is 31.7 Å². The van der Waals surface area contributed by atoms with Crippen molar-refractivity contribution in [2.24, 2.45) is 11.8 Å². The molecule has 0 bridgehead atoms. The number of esters is 1. The third kappa shape index (κ3) is 6.16. The predicted octanol–water partition coefficient (Wildman–Crippen LogP) is 2.54. The summed E-state index contributed by atoms with van der Waals surface area (Å²) in [6.45, 7) is 6.47. The average Bonchev–Trinajstić information content (AvgIpc) is 2.72. The van der Waals surface area contributed by atoms with Crippen molar-refractivity contribution >= 4 is 29.3 Å². The number of urea groups is 1. The minimum Gasteiger partial charge on any atom is -0.466 e. The zero-order chi connectivity index (χ0) is 22.3. The number of piperidine rings is 1. The molecule has 1 fully saturated rings. The molecule has 1 aromatic carbocycles. The molecule has 3 amide bonds. The maximum absolute atomic E-state index is 13.0. The second-order valence-electron chi connectivity index (χ2n) is 7.50. The highest BCUT2D eigenvalue weighted by Crippen LogP contribution is 2.20. The van der Waals surface area contributed by atoms with Crippen LogP contribution in [-0.4, -0.2) is 53.5 Å². The molecule has 10 nitrogen and oxygen atoms in total. The Labute approximate surface area is 175 Å². The fourth-order valence-electron chi connectivity index (χ4n) is 3.31. The lowest BCUT2D eigenvalue weighted by Crippen LogP contribution is -2.54. The van der Waals surface area contributed by atoms with Gasteiger partial charge in [-0.15, -0.1) is 0 Å². The van der Waals surface area contributed by atoms with Crippen LogP contribution in [0.2, 0.25) is 0 Å². The first-order chi connectivity index (χ1) is 14.2. The number of benzene rings is 1. The standard InChI is InChI=1S/C20H28N4O6/c1-4-30-19(26)14-6-5-11-23(12-14)18(25)17(13(2)3)22-20(27)21-15-7-9-16(10-8-15)24(28)29/h7-10,13-14,17H,4-6,11-12H2,1-3H3,(H2,21,22,27). The number of carbonyl (C=O) groups is 3. The molecule has 0 radical (unpaired) electrons. The van der Waals surface area contributed by atoms with Crippen LogP contribution in [0.25, 0.3) is 0 Å². The van der Waals surface area contributed by atoms with Crippen molar-refractivity contribution < 1.29 is 24.0 Å². The molecule has 30 heavy (non-hydrogen) atoms. The quantitative estimate of drug-likeness (QED) is 0.396. The molecule has 1 aromatic rings. The molecule has 164 valence electrons. The number of nitro groups is 1. The maximum atomic E-state index is 13.0. The predicted molar refractivity (Wildman–Crippen MR) is 110 cm³/mol. The molecule has 0 spiro atoms. The van der Waals surface area contributed by atoms with E-state index in [4.69, 9.17) is 4.74 Å². The first-order valence-electron chi connectivity index (χ1n) is 10.00. The van der Waals surface area contributed by atoms with Gasteiger partial charge in [0.1, 0.15) is 6.04 Å². The van der Waals surface area contributed by atoms with Crippen molar-refractivity contribution in [3.8, 4) is 0 Å². The summed E-state index contributed by atoms with van der Waals surface area (Å²) in [5.41, 5.74) is 0.283. The molecule has 0 aromatic heterocycles. The minimum absolute atomic E-state index is 0.0857. The highest BCUT2D eigenvalue weighted by Gasteiger charge is 2.34. The normalized spacial score (nSPS) is 17.2. The molecule has 0 saturated carbocycles. The van der Waals surface area contributed by atoms with E-state index in [2.05, 4.69) is 10.6 Å². The molecule has 0 aliphatic carbocycles. The highest BCUT2D eigenvalue weighted by atomic mass is 16.6. The topological polar surface area (TPSA) is 131 Å². The number of amides is 3. The summed E-state index contributed by atoms with van der Waals surface area (Å²) in [4.78, 5) is 49.2. The van der Waals surface area contributed by atoms with Gasteiger partial charge >= 0.3 is 12.0 Å². The Hall–Kier alpha value is -3.17. The van der Waals surface area contributed by atoms with Gasteiger partial charge in [0.2, 0.25) is 5.91 Å². The third-order valence-electron chi connectivity index (χ3n) is 4.91. The summed E-state index contributed by atoms with van der Waals surface area (Å²) in [7, 11) is 0. The summed E-state index contributed by atoms with van der Waals surface area (Å²) in [6.07, 6.45) is 1.36. The third-order valence-corrected chi connectivity index (χ3v) is 4.91. The monoisotopic (exact) mass is 420 g/mol. The number of ether oxygens (including phenoxy) is 1. The molecule has 1 aliphatic rings. The van der Waals surface area contributed by atoms with Gasteiger partial charge in [0.25, 0.3) is 5.69 Å². The zero-order valence-electron chi connectivity index (χ0n) is 17.4. The molecular formula is C20H28N4O6. The van der Waals surface area contributed by atoms with Crippen LogP contribution in [-0.2, 0) is 14.3 Å². The summed E-state index contributed by atoms with van der Waals surface area (Å²) in [5.74, 6) is -1.09. The number of hydrogen-bond donors (Lipinski definition) is 2. The van der Waals surface area contributed by atoms with Crippen LogP contribution in [0.5, 0.6) is 0 Å². The van der Waals surface area contributed by atoms with Gasteiger partial charge in [-0.3, -0.25) is 19.7 Å². The van der Waals surface area contributed by atoms with E-state index in [1.165, 1.54) is 24.3 Å². The van der Waals surface area contributed by atoms with Crippen molar-refractivity contribution in [2.45, 2.75) is 39.7 Å². The number of nitro benzene ring substituents is 1. The molecule has 1 heterocycles. The van der Waals surface area contributed by atoms with Gasteiger partial charge in [-0.2, -0.15) is 0 Å². The zero-order valence-corrected chi connectivity index (χ0v) is 17.4. The summed E-state index contributed by atoms with van der Waals surface area (Å²) >= 11 is 0. The van der Waals surface area contributed by atoms with Crippen LogP contribution in [0.1, 0.15) is 33.6 Å². The van der Waals surface area contributed by atoms with Crippen molar-refractivity contribution in [3.05, 3.63) is 34.4 Å². The number of nitrogens with zero attached hydrogens (tertiary/aromatic N) is 2. The van der Waals surface area contributed by atoms with E-state index in [0.717, 1.165) is 0 Å². The Kier molecular flexibility index (Phi) is 8.14. The summed E-state index contributed by atoms with van der Waals surface area (Å²) in [5, 5.41) is 16.0. The van der Waals surface area contributed by atoms with Crippen LogP contribution < -0.4 is 10.6 Å². The lowest BCUT2D eigenvalue weighted by Gasteiger charge is -2.35. The number of nitrogens with one attached hydrogen (secondary N) is 2. The van der Waals surface area contributed by atoms with Crippen LogP contribution in [0.4, 0.5) is 16.2 Å². The minimum atomic E-state index is -0.774. The first-order valence-corrected chi connectivity index (χ1v) is 10.00. The maximum Gasteiger partial charge on any atom is 0.319 e. The van der Waals surface area contributed by atoms with E-state index < -0.39 is 17.0 Å². The van der Waals surface area contributed by atoms with Gasteiger partial charge in [-0.1, -0.05) is 13.8 Å². The molecule has 2 rings (SSSR count). The number of anilines is 1. The van der Waals surface area contributed by atoms with Crippen molar-refractivity contribution in [3.63, 3.8) is 0 Å². The Balaban J connectivity index is 2.00. The number of rotatable bonds is 7. The number of hydrogen-bond acceptors (Lipinski definition) is 6. The van der Waals surface area contributed by atoms with Crippen LogP contribution in [0.15, 0.2) is 24.3 Å². The Morgan fingerprint density at radius 1 is 1.27 bits per heavy atom. The van der Waals surface area contributed by atoms with Gasteiger partial charge in [0.05, 0.1) is 17.4 Å². The fourth-order valence-corrected chi connectivity index (χ4v) is 3.31. The number of likely N-dealkylation sites (tertiary alicyclic amines) is 1. The Bertz CT molecular complexity index is 780. The molecule has 1 saturated heterocycles. The number of carbonyl (C=O) groups excluding carboxylic acids is 3. The lowest BCUT2D eigenvalue weighted by atomic mass is 9.95. The Morgan fingerprint density at radius 2 is 1.93 bits per heavy atom. The summed E-state index contributed by atoms with van der Waals surface area (Å²) < 4.78 is 5.07. The second kappa shape index (κ2) is 10.6. The largest absolute Gasteiger partial charge is 0.466 e. The molecule has 2 unspecified atom stereocenters. The van der Waals surface area contributed by atoms with Crippen LogP contribution >= 0.6 is 0 Å². The van der Waals surface area contributed by atoms with Crippen LogP contribution in [0, 0.1) is 22.0 Å². The lowest BCUT2D eigenvalue weighted by molar-refractivity contribution is -0.384. The van der Waals surface area contributed by atoms with Crippen molar-refractivity contribution in [2.75, 3.05) is 25.0 Å². The van der Waals surface area contributed by atoms with Gasteiger partial charge in [0, 0.05) is 30.9 Å². The smallest absolute Gasteiger partial charge is 0.319 e. The van der Waals surface area contributed by atoms with Gasteiger partial charge in [-0.25, -0.2) is 4.79 Å². The highest BCUT2D eigenvalue weighted by molar-refractivity contribution is 5.94. The second-order valence-corrected chi connectivity index (χ2v) is 7.50. The van der Waals surface area contributed by atoms with Crippen molar-refractivity contribution in [1.29, 1.82) is 0 Å². The van der Waals surface area contributed by atoms with E-state index in [1.807, 2.05) is 13.8 Å². The van der Waals surface area contributed by atoms with Gasteiger partial charge in [0.15, 0.2) is 0 Å². The van der Waals surface area contributed by atoms with E-state index in [1.54, 1.807) is 11.8 Å². The molecule has 10 heteroatoms. The molecule has 2 atom stereocenters. The van der Waals surface area contributed by atoms with Crippen molar-refractivity contribution in [1.82, 2.24) is 10.2 Å². The molecular weight excluding hydrogens is 392 g/mol. The van der Waals surface area contributed by atoms with E-state index >= 15 is 0 Å². The van der Waals surface area contributed by atoms with Crippen LogP contribution in [0.3, 0.4) is 0 Å². The fraction of sp³-hybridized carbons (Fsp3) is 0.550. The average molecular weight is 420 g/mol. The van der Waals surface area contributed by atoms with Gasteiger partial charge < -0.3 is 20.3 Å². The van der Waals surface area contributed by atoms with E-state index in [9.17, 15) is 24.5 Å². The van der Waals surface area contributed by atoms with Gasteiger partial charge in [-0.05, 0) is 37.8 Å². The summed E-state index contributed by atoms with van der Waals surface area (Å²) in [6, 6.07) is 4.03. The number of non-ortho nitro benzene ring substituents is 1. The SMILES string of the molecule is CCOC(=O)C1CCCN(C(=O)C(NC(=O)Nc2ccc([N+](=O)[O-])cc2)C(C)C)C1. The molecule has 1 aliphatic heterocycles. The molecule has 2 N–H and O–H groups in total. The Morgan fingerprint density at radius 3 is 2.50 bits per heavy atom.